The van der Waals surface area contributed by atoms with Crippen LogP contribution in [0.3, 0.4) is 0 Å². The number of aromatic nitrogens is 2. The van der Waals surface area contributed by atoms with Crippen molar-refractivity contribution >= 4 is 17.4 Å². The van der Waals surface area contributed by atoms with Crippen molar-refractivity contribution in [1.29, 1.82) is 0 Å². The molecule has 0 unspecified atom stereocenters. The minimum Gasteiger partial charge on any atom is -0.490 e. The van der Waals surface area contributed by atoms with Crippen LogP contribution in [0, 0.1) is 0 Å². The first kappa shape index (κ1) is 16.0. The number of fused-ring (bicyclic) bond motifs is 1. The standard InChI is InChI=1S/C17H21ClN4O/c1-21-8-7-15-13(11-21)17(20-12-19-15)22(2)9-10-23-16-6-4-3-5-14(16)18/h3-6,12H,7-11H2,1-2H3. The topological polar surface area (TPSA) is 41.5 Å². The van der Waals surface area contributed by atoms with Gasteiger partial charge in [0.05, 0.1) is 17.3 Å². The Morgan fingerprint density at radius 1 is 1.30 bits per heavy atom. The fourth-order valence-corrected chi connectivity index (χ4v) is 2.94. The molecule has 1 aromatic heterocycles. The number of ether oxygens (including phenoxy) is 1. The summed E-state index contributed by atoms with van der Waals surface area (Å²) in [4.78, 5) is 13.3. The van der Waals surface area contributed by atoms with E-state index in [1.807, 2.05) is 31.3 Å². The molecule has 1 aliphatic rings. The summed E-state index contributed by atoms with van der Waals surface area (Å²) in [6.45, 7) is 3.22. The van der Waals surface area contributed by atoms with Crippen LogP contribution in [-0.2, 0) is 13.0 Å². The SMILES string of the molecule is CN1CCc2ncnc(N(C)CCOc3ccccc3Cl)c2C1. The van der Waals surface area contributed by atoms with Gasteiger partial charge in [0.15, 0.2) is 0 Å². The molecule has 122 valence electrons. The lowest BCUT2D eigenvalue weighted by atomic mass is 10.1. The van der Waals surface area contributed by atoms with Crippen molar-refractivity contribution in [2.24, 2.45) is 0 Å². The van der Waals surface area contributed by atoms with Crippen LogP contribution in [0.15, 0.2) is 30.6 Å². The highest BCUT2D eigenvalue weighted by molar-refractivity contribution is 6.32. The first-order chi connectivity index (χ1) is 11.1. The quantitative estimate of drug-likeness (QED) is 0.842. The number of para-hydroxylation sites is 1. The van der Waals surface area contributed by atoms with Crippen LogP contribution < -0.4 is 9.64 Å². The van der Waals surface area contributed by atoms with Crippen molar-refractivity contribution in [3.8, 4) is 5.75 Å². The van der Waals surface area contributed by atoms with E-state index in [1.54, 1.807) is 6.33 Å². The Labute approximate surface area is 141 Å². The molecule has 0 radical (unpaired) electrons. The Morgan fingerprint density at radius 2 is 2.13 bits per heavy atom. The van der Waals surface area contributed by atoms with Gasteiger partial charge in [0.25, 0.3) is 0 Å². The fraction of sp³-hybridized carbons (Fsp3) is 0.412. The predicted molar refractivity (Wildman–Crippen MR) is 92.3 cm³/mol. The Hall–Kier alpha value is -1.85. The van der Waals surface area contributed by atoms with E-state index in [1.165, 1.54) is 5.56 Å². The summed E-state index contributed by atoms with van der Waals surface area (Å²) in [5.41, 5.74) is 2.38. The van der Waals surface area contributed by atoms with E-state index in [2.05, 4.69) is 26.8 Å². The van der Waals surface area contributed by atoms with Crippen molar-refractivity contribution in [3.63, 3.8) is 0 Å². The summed E-state index contributed by atoms with van der Waals surface area (Å²) in [6, 6.07) is 7.52. The van der Waals surface area contributed by atoms with Gasteiger partial charge in [-0.3, -0.25) is 0 Å². The van der Waals surface area contributed by atoms with E-state index in [4.69, 9.17) is 16.3 Å². The second-order valence-electron chi connectivity index (χ2n) is 5.81. The average Bonchev–Trinajstić information content (AvgIpc) is 2.56. The van der Waals surface area contributed by atoms with E-state index in [-0.39, 0.29) is 0 Å². The third-order valence-electron chi connectivity index (χ3n) is 4.05. The van der Waals surface area contributed by atoms with Gasteiger partial charge in [0.1, 0.15) is 24.5 Å². The number of hydrogen-bond donors (Lipinski definition) is 0. The van der Waals surface area contributed by atoms with Gasteiger partial charge in [0.2, 0.25) is 0 Å². The van der Waals surface area contributed by atoms with Gasteiger partial charge in [-0.05, 0) is 19.2 Å². The van der Waals surface area contributed by atoms with E-state index in [0.29, 0.717) is 17.4 Å². The number of benzene rings is 1. The lowest BCUT2D eigenvalue weighted by molar-refractivity contribution is 0.307. The van der Waals surface area contributed by atoms with Crippen LogP contribution in [0.1, 0.15) is 11.3 Å². The molecule has 2 heterocycles. The highest BCUT2D eigenvalue weighted by Crippen LogP contribution is 2.25. The fourth-order valence-electron chi connectivity index (χ4n) is 2.75. The molecule has 2 aromatic rings. The monoisotopic (exact) mass is 332 g/mol. The van der Waals surface area contributed by atoms with Crippen molar-refractivity contribution in [3.05, 3.63) is 46.9 Å². The minimum atomic E-state index is 0.550. The van der Waals surface area contributed by atoms with Crippen LogP contribution in [0.4, 0.5) is 5.82 Å². The van der Waals surface area contributed by atoms with Gasteiger partial charge in [-0.15, -0.1) is 0 Å². The zero-order valence-electron chi connectivity index (χ0n) is 13.5. The minimum absolute atomic E-state index is 0.550. The van der Waals surface area contributed by atoms with Gasteiger partial charge < -0.3 is 14.5 Å². The Kier molecular flexibility index (Phi) is 4.98. The molecule has 0 saturated carbocycles. The Bertz CT molecular complexity index is 679. The number of halogens is 1. The number of rotatable bonds is 5. The van der Waals surface area contributed by atoms with Gasteiger partial charge >= 0.3 is 0 Å². The Balaban J connectivity index is 1.65. The van der Waals surface area contributed by atoms with E-state index in [9.17, 15) is 0 Å². The summed E-state index contributed by atoms with van der Waals surface area (Å²) in [5, 5.41) is 0.635. The molecule has 3 rings (SSSR count). The molecule has 0 atom stereocenters. The lowest BCUT2D eigenvalue weighted by Crippen LogP contribution is -2.32. The zero-order chi connectivity index (χ0) is 16.2. The van der Waals surface area contributed by atoms with Gasteiger partial charge in [-0.25, -0.2) is 9.97 Å². The molecule has 23 heavy (non-hydrogen) atoms. The van der Waals surface area contributed by atoms with E-state index in [0.717, 1.165) is 37.6 Å². The molecule has 0 saturated heterocycles. The largest absolute Gasteiger partial charge is 0.490 e. The van der Waals surface area contributed by atoms with Crippen molar-refractivity contribution in [1.82, 2.24) is 14.9 Å². The molecule has 0 aliphatic carbocycles. The van der Waals surface area contributed by atoms with Gasteiger partial charge in [-0.1, -0.05) is 23.7 Å². The highest BCUT2D eigenvalue weighted by Gasteiger charge is 2.20. The number of anilines is 1. The summed E-state index contributed by atoms with van der Waals surface area (Å²) in [5.74, 6) is 1.70. The third kappa shape index (κ3) is 3.74. The second kappa shape index (κ2) is 7.15. The first-order valence-electron chi connectivity index (χ1n) is 7.75. The van der Waals surface area contributed by atoms with Crippen molar-refractivity contribution in [2.75, 3.05) is 38.7 Å². The van der Waals surface area contributed by atoms with Crippen molar-refractivity contribution in [2.45, 2.75) is 13.0 Å². The lowest BCUT2D eigenvalue weighted by Gasteiger charge is -2.28. The highest BCUT2D eigenvalue weighted by atomic mass is 35.5. The molecule has 6 heteroatoms. The van der Waals surface area contributed by atoms with Crippen molar-refractivity contribution < 1.29 is 4.74 Å². The number of hydrogen-bond acceptors (Lipinski definition) is 5. The van der Waals surface area contributed by atoms with Crippen LogP contribution in [0.5, 0.6) is 5.75 Å². The number of nitrogens with zero attached hydrogens (tertiary/aromatic N) is 4. The normalized spacial score (nSPS) is 14.4. The molecule has 0 fully saturated rings. The van der Waals surface area contributed by atoms with E-state index < -0.39 is 0 Å². The molecule has 0 N–H and O–H groups in total. The summed E-state index contributed by atoms with van der Waals surface area (Å²) >= 11 is 6.10. The van der Waals surface area contributed by atoms with E-state index >= 15 is 0 Å². The molecule has 0 bridgehead atoms. The van der Waals surface area contributed by atoms with Crippen LogP contribution in [-0.4, -0.2) is 48.7 Å². The van der Waals surface area contributed by atoms with Crippen LogP contribution in [0.2, 0.25) is 5.02 Å². The smallest absolute Gasteiger partial charge is 0.137 e. The summed E-state index contributed by atoms with van der Waals surface area (Å²) in [6.07, 6.45) is 2.64. The Morgan fingerprint density at radius 3 is 2.96 bits per heavy atom. The average molecular weight is 333 g/mol. The van der Waals surface area contributed by atoms with Gasteiger partial charge in [-0.2, -0.15) is 0 Å². The second-order valence-corrected chi connectivity index (χ2v) is 6.22. The third-order valence-corrected chi connectivity index (χ3v) is 4.36. The predicted octanol–water partition coefficient (Wildman–Crippen LogP) is 2.63. The molecule has 1 aromatic carbocycles. The maximum absolute atomic E-state index is 6.10. The zero-order valence-corrected chi connectivity index (χ0v) is 14.3. The summed E-state index contributed by atoms with van der Waals surface area (Å²) < 4.78 is 5.77. The first-order valence-corrected chi connectivity index (χ1v) is 8.12. The van der Waals surface area contributed by atoms with Crippen LogP contribution in [0.25, 0.3) is 0 Å². The molecule has 1 aliphatic heterocycles. The molecule has 0 spiro atoms. The summed E-state index contributed by atoms with van der Waals surface area (Å²) in [7, 11) is 4.16. The maximum atomic E-state index is 6.10. The molecule has 5 nitrogen and oxygen atoms in total. The molecular formula is C17H21ClN4O. The number of likely N-dealkylation sites (N-methyl/N-ethyl adjacent to an activating group) is 2. The van der Waals surface area contributed by atoms with Gasteiger partial charge in [0, 0.05) is 32.1 Å². The molecular weight excluding hydrogens is 312 g/mol. The molecule has 0 amide bonds. The van der Waals surface area contributed by atoms with Crippen LogP contribution >= 0.6 is 11.6 Å². The maximum Gasteiger partial charge on any atom is 0.137 e.